The second kappa shape index (κ2) is 4.10. The number of carbonyl (C=O) groups excluding carboxylic acids is 1. The monoisotopic (exact) mass is 249 g/mol. The topological polar surface area (TPSA) is 46.3 Å². The van der Waals surface area contributed by atoms with Crippen molar-refractivity contribution in [1.82, 2.24) is 4.90 Å². The second-order valence-electron chi connectivity index (χ2n) is 5.08. The van der Waals surface area contributed by atoms with Crippen LogP contribution in [0.2, 0.25) is 0 Å². The maximum absolute atomic E-state index is 11.8. The van der Waals surface area contributed by atoms with Gasteiger partial charge in [0.25, 0.3) is 0 Å². The molecule has 4 heteroatoms. The van der Waals surface area contributed by atoms with Crippen LogP contribution in [0.4, 0.5) is 0 Å². The molecule has 2 fully saturated rings. The van der Waals surface area contributed by atoms with E-state index in [1.54, 1.807) is 11.3 Å². The van der Waals surface area contributed by atoms with Crippen molar-refractivity contribution >= 4 is 17.2 Å². The summed E-state index contributed by atoms with van der Waals surface area (Å²) in [6.45, 7) is 0.866. The summed E-state index contributed by atoms with van der Waals surface area (Å²) in [6.07, 6.45) is 6.19. The summed E-state index contributed by atoms with van der Waals surface area (Å²) in [4.78, 5) is 14.2. The van der Waals surface area contributed by atoms with Gasteiger partial charge in [-0.05, 0) is 54.5 Å². The lowest BCUT2D eigenvalue weighted by Crippen LogP contribution is -2.57. The standard InChI is InChI=1S/C13H17N2OS/c14-12(16)13-5-1-2-11(3-6-13)15(13)8-10-4-7-17-9-10/h1,4,7,9,11H,2-3,5-6,8H2,(H2,14,16). The molecule has 2 atom stereocenters. The van der Waals surface area contributed by atoms with Gasteiger partial charge < -0.3 is 5.73 Å². The molecular formula is C13H17N2OS. The number of hydrogen-bond donors (Lipinski definition) is 1. The van der Waals surface area contributed by atoms with Crippen molar-refractivity contribution in [2.75, 3.05) is 0 Å². The van der Waals surface area contributed by atoms with Gasteiger partial charge in [-0.15, -0.1) is 0 Å². The summed E-state index contributed by atoms with van der Waals surface area (Å²) in [5.41, 5.74) is 6.56. The molecular weight excluding hydrogens is 232 g/mol. The van der Waals surface area contributed by atoms with Crippen LogP contribution in [0.25, 0.3) is 0 Å². The fraction of sp³-hybridized carbons (Fsp3) is 0.538. The van der Waals surface area contributed by atoms with E-state index in [0.29, 0.717) is 6.04 Å². The summed E-state index contributed by atoms with van der Waals surface area (Å²) in [5.74, 6) is -0.147. The Morgan fingerprint density at radius 3 is 3.24 bits per heavy atom. The summed E-state index contributed by atoms with van der Waals surface area (Å²) < 4.78 is 0. The highest BCUT2D eigenvalue weighted by atomic mass is 32.1. The highest BCUT2D eigenvalue weighted by molar-refractivity contribution is 7.07. The van der Waals surface area contributed by atoms with Crippen molar-refractivity contribution in [2.24, 2.45) is 5.73 Å². The van der Waals surface area contributed by atoms with Crippen LogP contribution in [0.3, 0.4) is 0 Å². The number of primary amides is 1. The zero-order valence-corrected chi connectivity index (χ0v) is 10.6. The van der Waals surface area contributed by atoms with Crippen LogP contribution in [0.15, 0.2) is 16.8 Å². The highest BCUT2D eigenvalue weighted by Crippen LogP contribution is 2.44. The van der Waals surface area contributed by atoms with Gasteiger partial charge in [-0.3, -0.25) is 9.69 Å². The summed E-state index contributed by atoms with van der Waals surface area (Å²) in [7, 11) is 0. The lowest BCUT2D eigenvalue weighted by Gasteiger charge is -2.42. The minimum absolute atomic E-state index is 0.147. The number of amides is 1. The average molecular weight is 249 g/mol. The smallest absolute Gasteiger partial charge is 0.237 e. The molecule has 2 bridgehead atoms. The first-order chi connectivity index (χ1) is 8.22. The van der Waals surface area contributed by atoms with Crippen LogP contribution in [0, 0.1) is 6.42 Å². The van der Waals surface area contributed by atoms with E-state index < -0.39 is 5.54 Å². The van der Waals surface area contributed by atoms with Gasteiger partial charge >= 0.3 is 0 Å². The average Bonchev–Trinajstić information content (AvgIpc) is 2.86. The zero-order valence-electron chi connectivity index (χ0n) is 9.76. The van der Waals surface area contributed by atoms with E-state index >= 15 is 0 Å². The minimum Gasteiger partial charge on any atom is -0.368 e. The number of nitrogens with zero attached hydrogens (tertiary/aromatic N) is 1. The van der Waals surface area contributed by atoms with Gasteiger partial charge in [-0.25, -0.2) is 0 Å². The maximum Gasteiger partial charge on any atom is 0.237 e. The molecule has 3 rings (SSSR count). The molecule has 2 N–H and O–H groups in total. The van der Waals surface area contributed by atoms with E-state index in [2.05, 4.69) is 28.1 Å². The van der Waals surface area contributed by atoms with Crippen LogP contribution in [-0.2, 0) is 11.3 Å². The van der Waals surface area contributed by atoms with Gasteiger partial charge in [0.15, 0.2) is 0 Å². The van der Waals surface area contributed by atoms with E-state index in [0.717, 1.165) is 32.2 Å². The van der Waals surface area contributed by atoms with E-state index in [4.69, 9.17) is 5.73 Å². The Balaban J connectivity index is 1.88. The molecule has 1 amide bonds. The van der Waals surface area contributed by atoms with Crippen molar-refractivity contribution in [1.29, 1.82) is 0 Å². The zero-order chi connectivity index (χ0) is 11.9. The first kappa shape index (κ1) is 11.2. The number of thiophene rings is 1. The van der Waals surface area contributed by atoms with Crippen molar-refractivity contribution in [3.05, 3.63) is 28.8 Å². The molecule has 17 heavy (non-hydrogen) atoms. The molecule has 2 aliphatic rings. The molecule has 0 spiro atoms. The Morgan fingerprint density at radius 1 is 1.65 bits per heavy atom. The molecule has 3 heterocycles. The van der Waals surface area contributed by atoms with E-state index in [-0.39, 0.29) is 5.91 Å². The fourth-order valence-electron chi connectivity index (χ4n) is 3.26. The number of carbonyl (C=O) groups is 1. The Hall–Kier alpha value is -0.870. The van der Waals surface area contributed by atoms with Crippen LogP contribution in [-0.4, -0.2) is 22.4 Å². The van der Waals surface area contributed by atoms with E-state index in [1.165, 1.54) is 5.56 Å². The number of nitrogens with two attached hydrogens (primary N) is 1. The van der Waals surface area contributed by atoms with Gasteiger partial charge in [0, 0.05) is 12.6 Å². The third kappa shape index (κ3) is 1.70. The Labute approximate surface area is 106 Å². The lowest BCUT2D eigenvalue weighted by atomic mass is 9.87. The second-order valence-corrected chi connectivity index (χ2v) is 5.86. The minimum atomic E-state index is -0.398. The van der Waals surface area contributed by atoms with E-state index in [9.17, 15) is 4.79 Å². The molecule has 2 aliphatic heterocycles. The normalized spacial score (nSPS) is 32.8. The molecule has 3 nitrogen and oxygen atoms in total. The first-order valence-electron chi connectivity index (χ1n) is 6.12. The van der Waals surface area contributed by atoms with Crippen molar-refractivity contribution in [3.63, 3.8) is 0 Å². The van der Waals surface area contributed by atoms with Crippen molar-refractivity contribution in [2.45, 2.75) is 43.8 Å². The first-order valence-corrected chi connectivity index (χ1v) is 7.06. The van der Waals surface area contributed by atoms with Gasteiger partial charge in [0.05, 0.1) is 0 Å². The molecule has 0 aliphatic carbocycles. The summed E-state index contributed by atoms with van der Waals surface area (Å²) in [6, 6.07) is 2.65. The van der Waals surface area contributed by atoms with Gasteiger partial charge in [-0.2, -0.15) is 11.3 Å². The Bertz CT molecular complexity index is 413. The predicted octanol–water partition coefficient (Wildman–Crippen LogP) is 1.93. The molecule has 1 aromatic heterocycles. The van der Waals surface area contributed by atoms with E-state index in [1.807, 2.05) is 0 Å². The SMILES string of the molecule is NC(=O)C12C[CH]CC(CC1)N2Cc1ccsc1. The molecule has 2 unspecified atom stereocenters. The highest BCUT2D eigenvalue weighted by Gasteiger charge is 2.52. The molecule has 91 valence electrons. The third-order valence-electron chi connectivity index (χ3n) is 4.19. The van der Waals surface area contributed by atoms with Crippen molar-refractivity contribution < 1.29 is 4.79 Å². The quantitative estimate of drug-likeness (QED) is 0.889. The molecule has 1 radical (unpaired) electrons. The van der Waals surface area contributed by atoms with Crippen LogP contribution in [0.5, 0.6) is 0 Å². The molecule has 1 aromatic rings. The number of fused-ring (bicyclic) bond motifs is 2. The van der Waals surface area contributed by atoms with Gasteiger partial charge in [0.2, 0.25) is 5.91 Å². The fourth-order valence-corrected chi connectivity index (χ4v) is 3.92. The van der Waals surface area contributed by atoms with Crippen LogP contribution >= 0.6 is 11.3 Å². The third-order valence-corrected chi connectivity index (χ3v) is 4.93. The molecule has 0 saturated carbocycles. The maximum atomic E-state index is 11.8. The number of hydrogen-bond acceptors (Lipinski definition) is 3. The molecule has 0 aromatic carbocycles. The summed E-state index contributed by atoms with van der Waals surface area (Å²) >= 11 is 1.71. The Morgan fingerprint density at radius 2 is 2.53 bits per heavy atom. The van der Waals surface area contributed by atoms with Gasteiger partial charge in [-0.1, -0.05) is 0 Å². The predicted molar refractivity (Wildman–Crippen MR) is 68.3 cm³/mol. The number of rotatable bonds is 3. The van der Waals surface area contributed by atoms with Gasteiger partial charge in [0.1, 0.15) is 5.54 Å². The summed E-state index contributed by atoms with van der Waals surface area (Å²) in [5, 5.41) is 4.25. The van der Waals surface area contributed by atoms with Crippen molar-refractivity contribution in [3.8, 4) is 0 Å². The van der Waals surface area contributed by atoms with Crippen LogP contribution < -0.4 is 5.73 Å². The number of piperidine rings is 1. The molecule has 2 saturated heterocycles. The lowest BCUT2D eigenvalue weighted by molar-refractivity contribution is -0.131. The largest absolute Gasteiger partial charge is 0.368 e. The Kier molecular flexibility index (Phi) is 2.71. The van der Waals surface area contributed by atoms with Crippen LogP contribution in [0.1, 0.15) is 31.2 Å².